The maximum Gasteiger partial charge on any atom is 0.0933 e. The van der Waals surface area contributed by atoms with Gasteiger partial charge in [-0.15, -0.1) is 0 Å². The van der Waals surface area contributed by atoms with Crippen molar-refractivity contribution in [3.05, 3.63) is 34.3 Å². The van der Waals surface area contributed by atoms with Crippen molar-refractivity contribution in [2.45, 2.75) is 19.6 Å². The maximum atomic E-state index is 6.13. The van der Waals surface area contributed by atoms with Crippen LogP contribution in [-0.4, -0.2) is 32.4 Å². The fraction of sp³-hybridized carbons (Fsp3) is 0.538. The molecule has 1 aromatic carbocycles. The van der Waals surface area contributed by atoms with Crippen LogP contribution in [0.4, 0.5) is 0 Å². The number of hydrogen-bond donors (Lipinski definition) is 1. The summed E-state index contributed by atoms with van der Waals surface area (Å²) in [7, 11) is 0. The molecule has 1 aromatic rings. The Hall–Kier alpha value is -0.610. The summed E-state index contributed by atoms with van der Waals surface area (Å²) in [6.07, 6.45) is 0.160. The highest BCUT2D eigenvalue weighted by molar-refractivity contribution is 6.31. The van der Waals surface area contributed by atoms with Crippen molar-refractivity contribution in [2.24, 2.45) is 0 Å². The second kappa shape index (κ2) is 6.36. The van der Waals surface area contributed by atoms with Gasteiger partial charge in [-0.25, -0.2) is 0 Å². The fourth-order valence-corrected chi connectivity index (χ4v) is 2.09. The second-order valence-corrected chi connectivity index (χ2v) is 4.71. The van der Waals surface area contributed by atoms with Crippen LogP contribution in [0.25, 0.3) is 0 Å². The molecule has 17 heavy (non-hydrogen) atoms. The molecule has 0 radical (unpaired) electrons. The minimum atomic E-state index is 0.160. The van der Waals surface area contributed by atoms with Crippen molar-refractivity contribution < 1.29 is 9.47 Å². The zero-order valence-electron chi connectivity index (χ0n) is 10.0. The number of halogens is 1. The molecule has 1 atom stereocenters. The van der Waals surface area contributed by atoms with E-state index in [1.807, 2.05) is 25.1 Å². The number of morpholine rings is 1. The van der Waals surface area contributed by atoms with Gasteiger partial charge in [0.2, 0.25) is 0 Å². The minimum Gasteiger partial charge on any atom is -0.374 e. The van der Waals surface area contributed by atoms with Crippen LogP contribution in [0.3, 0.4) is 0 Å². The average molecular weight is 256 g/mol. The third-order valence-corrected chi connectivity index (χ3v) is 3.13. The summed E-state index contributed by atoms with van der Waals surface area (Å²) in [5.41, 5.74) is 2.19. The molecule has 1 N–H and O–H groups in total. The van der Waals surface area contributed by atoms with Gasteiger partial charge in [0.05, 0.1) is 25.9 Å². The predicted molar refractivity (Wildman–Crippen MR) is 68.5 cm³/mol. The van der Waals surface area contributed by atoms with E-state index in [-0.39, 0.29) is 6.10 Å². The molecule has 1 fully saturated rings. The molecule has 0 saturated carbocycles. The Kier molecular flexibility index (Phi) is 4.80. The van der Waals surface area contributed by atoms with Gasteiger partial charge in [0, 0.05) is 18.1 Å². The van der Waals surface area contributed by atoms with Crippen LogP contribution >= 0.6 is 11.6 Å². The van der Waals surface area contributed by atoms with Crippen LogP contribution in [0.1, 0.15) is 11.1 Å². The average Bonchev–Trinajstić information content (AvgIpc) is 2.33. The van der Waals surface area contributed by atoms with E-state index in [4.69, 9.17) is 21.1 Å². The quantitative estimate of drug-likeness (QED) is 0.894. The van der Waals surface area contributed by atoms with Gasteiger partial charge < -0.3 is 14.8 Å². The molecule has 0 amide bonds. The Morgan fingerprint density at radius 3 is 3.12 bits per heavy atom. The molecule has 1 aliphatic heterocycles. The van der Waals surface area contributed by atoms with Gasteiger partial charge in [0.15, 0.2) is 0 Å². The molecule has 1 heterocycles. The third-order valence-electron chi connectivity index (χ3n) is 2.77. The molecular weight excluding hydrogens is 238 g/mol. The van der Waals surface area contributed by atoms with Gasteiger partial charge in [-0.05, 0) is 24.1 Å². The molecule has 4 heteroatoms. The topological polar surface area (TPSA) is 30.5 Å². The highest BCUT2D eigenvalue weighted by Gasteiger charge is 2.13. The second-order valence-electron chi connectivity index (χ2n) is 4.31. The van der Waals surface area contributed by atoms with E-state index in [1.54, 1.807) is 0 Å². The summed E-state index contributed by atoms with van der Waals surface area (Å²) in [5.74, 6) is 0. The fourth-order valence-electron chi connectivity index (χ4n) is 1.80. The smallest absolute Gasteiger partial charge is 0.0933 e. The van der Waals surface area contributed by atoms with Crippen LogP contribution in [0.2, 0.25) is 5.02 Å². The van der Waals surface area contributed by atoms with Crippen LogP contribution in [0.15, 0.2) is 18.2 Å². The first-order chi connectivity index (χ1) is 8.25. The number of ether oxygens (including phenoxy) is 2. The Morgan fingerprint density at radius 1 is 1.53 bits per heavy atom. The van der Waals surface area contributed by atoms with Crippen LogP contribution < -0.4 is 5.32 Å². The monoisotopic (exact) mass is 255 g/mol. The summed E-state index contributed by atoms with van der Waals surface area (Å²) in [4.78, 5) is 0. The van der Waals surface area contributed by atoms with E-state index in [0.717, 1.165) is 30.3 Å². The molecule has 0 aliphatic carbocycles. The molecule has 3 nitrogen and oxygen atoms in total. The van der Waals surface area contributed by atoms with Crippen molar-refractivity contribution in [2.75, 3.05) is 26.3 Å². The van der Waals surface area contributed by atoms with Crippen molar-refractivity contribution in [3.63, 3.8) is 0 Å². The molecule has 1 saturated heterocycles. The largest absolute Gasteiger partial charge is 0.374 e. The first-order valence-corrected chi connectivity index (χ1v) is 6.28. The number of hydrogen-bond acceptors (Lipinski definition) is 3. The normalized spacial score (nSPS) is 20.5. The summed E-state index contributed by atoms with van der Waals surface area (Å²) >= 11 is 6.13. The lowest BCUT2D eigenvalue weighted by atomic mass is 10.2. The van der Waals surface area contributed by atoms with Crippen LogP contribution in [0, 0.1) is 6.92 Å². The Morgan fingerprint density at radius 2 is 2.41 bits per heavy atom. The van der Waals surface area contributed by atoms with E-state index in [1.165, 1.54) is 5.56 Å². The van der Waals surface area contributed by atoms with Gasteiger partial charge in [0.25, 0.3) is 0 Å². The summed E-state index contributed by atoms with van der Waals surface area (Å²) in [6.45, 7) is 5.73. The van der Waals surface area contributed by atoms with Crippen molar-refractivity contribution >= 4 is 11.6 Å². The third kappa shape index (κ3) is 3.96. The van der Waals surface area contributed by atoms with Crippen molar-refractivity contribution in [1.82, 2.24) is 5.32 Å². The summed E-state index contributed by atoms with van der Waals surface area (Å²) in [6, 6.07) is 6.01. The molecule has 0 aromatic heterocycles. The van der Waals surface area contributed by atoms with E-state index in [0.29, 0.717) is 13.2 Å². The standard InChI is InChI=1S/C13H18ClNO2/c1-10-2-3-11(13(14)6-10)8-16-9-12-7-15-4-5-17-12/h2-3,6,12,15H,4-5,7-9H2,1H3. The first kappa shape index (κ1) is 12.8. The maximum absolute atomic E-state index is 6.13. The Balaban J connectivity index is 1.77. The van der Waals surface area contributed by atoms with E-state index in [9.17, 15) is 0 Å². The van der Waals surface area contributed by atoms with Gasteiger partial charge in [-0.2, -0.15) is 0 Å². The molecule has 0 bridgehead atoms. The van der Waals surface area contributed by atoms with Crippen molar-refractivity contribution in [3.8, 4) is 0 Å². The van der Waals surface area contributed by atoms with E-state index >= 15 is 0 Å². The van der Waals surface area contributed by atoms with Gasteiger partial charge in [-0.1, -0.05) is 23.7 Å². The van der Waals surface area contributed by atoms with E-state index in [2.05, 4.69) is 5.32 Å². The van der Waals surface area contributed by atoms with Crippen molar-refractivity contribution in [1.29, 1.82) is 0 Å². The molecule has 2 rings (SSSR count). The summed E-state index contributed by atoms with van der Waals surface area (Å²) in [5, 5.41) is 4.04. The van der Waals surface area contributed by atoms with Gasteiger partial charge >= 0.3 is 0 Å². The van der Waals surface area contributed by atoms with Gasteiger partial charge in [-0.3, -0.25) is 0 Å². The molecule has 1 unspecified atom stereocenters. The number of aryl methyl sites for hydroxylation is 1. The number of benzene rings is 1. The Bertz CT molecular complexity index is 364. The molecule has 1 aliphatic rings. The molecule has 0 spiro atoms. The molecule has 94 valence electrons. The highest BCUT2D eigenvalue weighted by atomic mass is 35.5. The van der Waals surface area contributed by atoms with Crippen LogP contribution in [-0.2, 0) is 16.1 Å². The predicted octanol–water partition coefficient (Wildman–Crippen LogP) is 2.15. The minimum absolute atomic E-state index is 0.160. The zero-order chi connectivity index (χ0) is 12.1. The highest BCUT2D eigenvalue weighted by Crippen LogP contribution is 2.18. The first-order valence-electron chi connectivity index (χ1n) is 5.91. The summed E-state index contributed by atoms with van der Waals surface area (Å²) < 4.78 is 11.2. The van der Waals surface area contributed by atoms with Gasteiger partial charge in [0.1, 0.15) is 0 Å². The lowest BCUT2D eigenvalue weighted by Crippen LogP contribution is -2.40. The Labute approximate surface area is 107 Å². The SMILES string of the molecule is Cc1ccc(COCC2CNCCO2)c(Cl)c1. The number of rotatable bonds is 4. The molecular formula is C13H18ClNO2. The lowest BCUT2D eigenvalue weighted by molar-refractivity contribution is -0.0357. The lowest BCUT2D eigenvalue weighted by Gasteiger charge is -2.23. The zero-order valence-corrected chi connectivity index (χ0v) is 10.8. The van der Waals surface area contributed by atoms with Crippen LogP contribution in [0.5, 0.6) is 0 Å². The number of nitrogens with one attached hydrogen (secondary N) is 1. The van der Waals surface area contributed by atoms with E-state index < -0.39 is 0 Å².